The van der Waals surface area contributed by atoms with Gasteiger partial charge >= 0.3 is 7.75 Å². The molecule has 0 aliphatic heterocycles. The van der Waals surface area contributed by atoms with E-state index in [9.17, 15) is 4.57 Å². The molecule has 1 atom stereocenters. The Hall–Kier alpha value is -1.09. The van der Waals surface area contributed by atoms with Gasteiger partial charge in [-0.15, -0.1) is 0 Å². The highest BCUT2D eigenvalue weighted by molar-refractivity contribution is 7.80. The molecule has 0 aromatic heterocycles. The van der Waals surface area contributed by atoms with Crippen LogP contribution in [0.3, 0.4) is 0 Å². The van der Waals surface area contributed by atoms with Crippen molar-refractivity contribution in [2.45, 2.75) is 52.1 Å². The van der Waals surface area contributed by atoms with Crippen molar-refractivity contribution in [2.24, 2.45) is 0 Å². The summed E-state index contributed by atoms with van der Waals surface area (Å²) in [6.45, 7) is 5.23. The average Bonchev–Trinajstić information content (AvgIpc) is 2.69. The van der Waals surface area contributed by atoms with E-state index < -0.39 is 7.75 Å². The van der Waals surface area contributed by atoms with Gasteiger partial charge in [-0.1, -0.05) is 63.1 Å². The largest absolute Gasteiger partial charge is 0.409 e. The van der Waals surface area contributed by atoms with Crippen LogP contribution in [0.1, 0.15) is 45.1 Å². The number of nitrogens with zero attached hydrogens (tertiary/aromatic N) is 2. The van der Waals surface area contributed by atoms with Gasteiger partial charge < -0.3 is 0 Å². The first kappa shape index (κ1) is 23.9. The van der Waals surface area contributed by atoms with Crippen LogP contribution in [0.5, 0.6) is 0 Å². The van der Waals surface area contributed by atoms with Crippen LogP contribution < -0.4 is 0 Å². The molecule has 0 saturated carbocycles. The first-order chi connectivity index (χ1) is 13.1. The van der Waals surface area contributed by atoms with E-state index in [-0.39, 0.29) is 6.04 Å². The average molecular weight is 411 g/mol. The molecule has 0 N–H and O–H groups in total. The Morgan fingerprint density at radius 3 is 2.26 bits per heavy atom. The topological polar surface area (TPSA) is 62.6 Å². The van der Waals surface area contributed by atoms with Gasteiger partial charge in [0, 0.05) is 24.4 Å². The quantitative estimate of drug-likeness (QED) is 0.187. The predicted octanol–water partition coefficient (Wildman–Crippen LogP) is 5.61. The zero-order valence-corrected chi connectivity index (χ0v) is 18.1. The third-order valence-electron chi connectivity index (χ3n) is 3.97. The zero-order chi connectivity index (χ0) is 20.0. The maximum absolute atomic E-state index is 13.8. The molecule has 1 aromatic rings. The molecular weight excluding hydrogens is 379 g/mol. The summed E-state index contributed by atoms with van der Waals surface area (Å²) in [6.07, 6.45) is 6.59. The summed E-state index contributed by atoms with van der Waals surface area (Å²) in [4.78, 5) is 0. The Labute approximate surface area is 169 Å². The summed E-state index contributed by atoms with van der Waals surface area (Å²) in [7, 11) is -3.54. The molecule has 0 radical (unpaired) electrons. The zero-order valence-electron chi connectivity index (χ0n) is 16.3. The number of nitriles is 1. The van der Waals surface area contributed by atoms with Crippen LogP contribution in [0.15, 0.2) is 42.5 Å². The summed E-state index contributed by atoms with van der Waals surface area (Å²) in [5, 5.41) is 8.92. The van der Waals surface area contributed by atoms with E-state index in [1.807, 2.05) is 36.4 Å². The first-order valence-corrected chi connectivity index (χ1v) is 11.6. The van der Waals surface area contributed by atoms with Crippen molar-refractivity contribution in [1.82, 2.24) is 4.67 Å². The van der Waals surface area contributed by atoms with Crippen LogP contribution in [0.4, 0.5) is 0 Å². The number of benzene rings is 1. The molecular formula is C20H31N2O3PS. The maximum atomic E-state index is 13.8. The van der Waals surface area contributed by atoms with Gasteiger partial charge in [0.2, 0.25) is 0 Å². The van der Waals surface area contributed by atoms with Gasteiger partial charge in [0.25, 0.3) is 0 Å². The molecule has 7 heteroatoms. The van der Waals surface area contributed by atoms with Crippen LogP contribution in [0, 0.1) is 11.3 Å². The molecule has 1 rings (SSSR count). The predicted molar refractivity (Wildman–Crippen MR) is 114 cm³/mol. The first-order valence-electron chi connectivity index (χ1n) is 9.48. The van der Waals surface area contributed by atoms with Gasteiger partial charge in [0.05, 0.1) is 19.3 Å². The van der Waals surface area contributed by atoms with E-state index in [1.54, 1.807) is 10.7 Å². The summed E-state index contributed by atoms with van der Waals surface area (Å²) >= 11 is 4.41. The molecule has 0 heterocycles. The Morgan fingerprint density at radius 2 is 1.78 bits per heavy atom. The van der Waals surface area contributed by atoms with Crippen molar-refractivity contribution in [3.63, 3.8) is 0 Å². The Balaban J connectivity index is 3.18. The summed E-state index contributed by atoms with van der Waals surface area (Å²) < 4.78 is 27.1. The smallest absolute Gasteiger partial charge is 0.297 e. The molecule has 0 saturated heterocycles. The number of allylic oxidation sites excluding steroid dienone is 1. The molecule has 150 valence electrons. The van der Waals surface area contributed by atoms with Crippen molar-refractivity contribution in [1.29, 1.82) is 5.26 Å². The van der Waals surface area contributed by atoms with Crippen LogP contribution in [-0.4, -0.2) is 29.7 Å². The van der Waals surface area contributed by atoms with Crippen molar-refractivity contribution in [2.75, 3.05) is 19.0 Å². The molecule has 0 aliphatic carbocycles. The lowest BCUT2D eigenvalue weighted by molar-refractivity contribution is 0.144. The summed E-state index contributed by atoms with van der Waals surface area (Å²) in [6, 6.07) is 11.4. The highest BCUT2D eigenvalue weighted by Gasteiger charge is 2.37. The molecule has 27 heavy (non-hydrogen) atoms. The van der Waals surface area contributed by atoms with Crippen molar-refractivity contribution in [3.05, 3.63) is 48.0 Å². The highest BCUT2D eigenvalue weighted by atomic mass is 32.1. The van der Waals surface area contributed by atoms with Gasteiger partial charge in [-0.3, -0.25) is 9.05 Å². The standard InChI is InChI=1S/C20H31N2O3PS/c1-3-5-15-24-26(23,25-16-6-4-2)22(20(18-27)13-10-14-21)17-19-11-8-7-9-12-19/h7-13,20,27H,3-6,15-18H2,1-2H3/b13-10+. The van der Waals surface area contributed by atoms with E-state index in [0.717, 1.165) is 31.2 Å². The van der Waals surface area contributed by atoms with E-state index in [4.69, 9.17) is 14.3 Å². The molecule has 0 bridgehead atoms. The number of hydrogen-bond acceptors (Lipinski definition) is 5. The number of hydrogen-bond donors (Lipinski definition) is 1. The lowest BCUT2D eigenvalue weighted by Crippen LogP contribution is -2.34. The molecule has 0 spiro atoms. The monoisotopic (exact) mass is 410 g/mol. The van der Waals surface area contributed by atoms with Crippen LogP contribution >= 0.6 is 20.4 Å². The van der Waals surface area contributed by atoms with E-state index in [0.29, 0.717) is 25.5 Å². The Bertz CT molecular complexity index is 620. The molecule has 1 aromatic carbocycles. The Morgan fingerprint density at radius 1 is 1.19 bits per heavy atom. The third-order valence-corrected chi connectivity index (χ3v) is 6.43. The molecule has 0 aliphatic rings. The lowest BCUT2D eigenvalue weighted by atomic mass is 10.2. The van der Waals surface area contributed by atoms with Gasteiger partial charge in [0.1, 0.15) is 0 Å². The fourth-order valence-corrected chi connectivity index (χ4v) is 4.80. The highest BCUT2D eigenvalue weighted by Crippen LogP contribution is 2.54. The van der Waals surface area contributed by atoms with Crippen LogP contribution in [0.25, 0.3) is 0 Å². The molecule has 1 unspecified atom stereocenters. The van der Waals surface area contributed by atoms with Crippen LogP contribution in [0.2, 0.25) is 0 Å². The normalized spacial score (nSPS) is 13.1. The second-order valence-electron chi connectivity index (χ2n) is 6.16. The Kier molecular flexibility index (Phi) is 12.4. The number of rotatable bonds is 14. The second kappa shape index (κ2) is 14.0. The second-order valence-corrected chi connectivity index (χ2v) is 8.50. The van der Waals surface area contributed by atoms with E-state index >= 15 is 0 Å². The van der Waals surface area contributed by atoms with Crippen molar-refractivity contribution < 1.29 is 13.6 Å². The van der Waals surface area contributed by atoms with Gasteiger partial charge in [0.15, 0.2) is 0 Å². The van der Waals surface area contributed by atoms with E-state index in [1.165, 1.54) is 6.08 Å². The molecule has 5 nitrogen and oxygen atoms in total. The van der Waals surface area contributed by atoms with Crippen molar-refractivity contribution >= 4 is 20.4 Å². The molecule has 0 fully saturated rings. The minimum atomic E-state index is -3.54. The SMILES string of the molecule is CCCCOP(=O)(OCCCC)N(Cc1ccccc1)C(/C=C/C#N)CS. The van der Waals surface area contributed by atoms with Gasteiger partial charge in [-0.2, -0.15) is 22.6 Å². The van der Waals surface area contributed by atoms with E-state index in [2.05, 4.69) is 26.5 Å². The summed E-state index contributed by atoms with van der Waals surface area (Å²) in [5.41, 5.74) is 0.994. The van der Waals surface area contributed by atoms with Crippen molar-refractivity contribution in [3.8, 4) is 6.07 Å². The fraction of sp³-hybridized carbons (Fsp3) is 0.550. The van der Waals surface area contributed by atoms with Crippen LogP contribution in [-0.2, 0) is 20.2 Å². The van der Waals surface area contributed by atoms with Gasteiger partial charge in [-0.05, 0) is 18.4 Å². The number of thiol groups is 1. The lowest BCUT2D eigenvalue weighted by Gasteiger charge is -2.34. The third kappa shape index (κ3) is 8.64. The fourth-order valence-electron chi connectivity index (χ4n) is 2.40. The number of unbranched alkanes of at least 4 members (excludes halogenated alkanes) is 2. The minimum Gasteiger partial charge on any atom is -0.297 e. The minimum absolute atomic E-state index is 0.345. The summed E-state index contributed by atoms with van der Waals surface area (Å²) in [5.74, 6) is 0.392. The maximum Gasteiger partial charge on any atom is 0.409 e. The molecule has 0 amide bonds. The van der Waals surface area contributed by atoms with Gasteiger partial charge in [-0.25, -0.2) is 4.57 Å².